The maximum atomic E-state index is 12.5. The summed E-state index contributed by atoms with van der Waals surface area (Å²) >= 11 is 0. The van der Waals surface area contributed by atoms with Crippen LogP contribution in [-0.4, -0.2) is 18.5 Å². The summed E-state index contributed by atoms with van der Waals surface area (Å²) in [6, 6.07) is 14.7. The van der Waals surface area contributed by atoms with Gasteiger partial charge in [-0.1, -0.05) is 6.07 Å². The monoisotopic (exact) mass is 384 g/mol. The number of hydrazine groups is 1. The van der Waals surface area contributed by atoms with Crippen molar-refractivity contribution in [2.45, 2.75) is 17.6 Å². The summed E-state index contributed by atoms with van der Waals surface area (Å²) in [5, 5.41) is 9.63. The first kappa shape index (κ1) is 18.5. The maximum Gasteiger partial charge on any atom is 0.184 e. The van der Waals surface area contributed by atoms with Gasteiger partial charge in [0.05, 0.1) is 33.4 Å². The Morgan fingerprint density at radius 3 is 2.48 bits per heavy atom. The number of anilines is 3. The van der Waals surface area contributed by atoms with Gasteiger partial charge in [0.2, 0.25) is 0 Å². The third-order valence-electron chi connectivity index (χ3n) is 3.99. The number of aromatic nitrogens is 1. The number of sulfone groups is 1. The van der Waals surface area contributed by atoms with Gasteiger partial charge in [-0.3, -0.25) is 10.4 Å². The molecule has 0 radical (unpaired) electrons. The van der Waals surface area contributed by atoms with Gasteiger partial charge in [0.25, 0.3) is 0 Å². The fourth-order valence-corrected chi connectivity index (χ4v) is 3.75. The maximum absolute atomic E-state index is 12.5. The molecule has 1 heterocycles. The molecule has 27 heavy (non-hydrogen) atoms. The van der Waals surface area contributed by atoms with E-state index >= 15 is 0 Å². The number of pyridine rings is 1. The van der Waals surface area contributed by atoms with E-state index in [0.29, 0.717) is 28.3 Å². The molecule has 0 saturated carbocycles. The Morgan fingerprint density at radius 1 is 1.07 bits per heavy atom. The van der Waals surface area contributed by atoms with E-state index in [-0.39, 0.29) is 16.4 Å². The zero-order valence-corrected chi connectivity index (χ0v) is 15.5. The predicted molar refractivity (Wildman–Crippen MR) is 106 cm³/mol. The van der Waals surface area contributed by atoms with E-state index in [4.69, 9.17) is 5.73 Å². The minimum Gasteiger partial charge on any atom is -0.508 e. The zero-order chi connectivity index (χ0) is 19.4. The molecule has 0 amide bonds. The van der Waals surface area contributed by atoms with Crippen LogP contribution in [0.2, 0.25) is 0 Å². The minimum atomic E-state index is -3.47. The van der Waals surface area contributed by atoms with Gasteiger partial charge in [0.1, 0.15) is 5.75 Å². The summed E-state index contributed by atoms with van der Waals surface area (Å²) in [6.07, 6.45) is 1.57. The number of aromatic hydroxyl groups is 1. The molecule has 0 aliphatic heterocycles. The lowest BCUT2D eigenvalue weighted by atomic mass is 10.2. The van der Waals surface area contributed by atoms with Gasteiger partial charge in [0, 0.05) is 12.3 Å². The van der Waals surface area contributed by atoms with Crippen molar-refractivity contribution in [2.75, 3.05) is 16.6 Å². The largest absolute Gasteiger partial charge is 0.508 e. The predicted octanol–water partition coefficient (Wildman–Crippen LogP) is 3.09. The highest BCUT2D eigenvalue weighted by Gasteiger charge is 2.16. The van der Waals surface area contributed by atoms with Crippen LogP contribution in [0.15, 0.2) is 65.7 Å². The van der Waals surface area contributed by atoms with Crippen LogP contribution in [0.1, 0.15) is 11.3 Å². The highest BCUT2D eigenvalue weighted by atomic mass is 32.2. The Morgan fingerprint density at radius 2 is 1.81 bits per heavy atom. The van der Waals surface area contributed by atoms with Gasteiger partial charge in [-0.05, 0) is 55.0 Å². The molecule has 140 valence electrons. The van der Waals surface area contributed by atoms with Crippen LogP contribution in [-0.2, 0) is 15.6 Å². The van der Waals surface area contributed by atoms with Crippen LogP contribution in [0.5, 0.6) is 5.75 Å². The van der Waals surface area contributed by atoms with Gasteiger partial charge >= 0.3 is 0 Å². The molecule has 0 atom stereocenters. The number of nitrogen functional groups attached to an aromatic ring is 1. The fourth-order valence-electron chi connectivity index (χ4n) is 2.47. The Balaban J connectivity index is 1.69. The van der Waals surface area contributed by atoms with Gasteiger partial charge in [-0.2, -0.15) is 0 Å². The Kier molecular flexibility index (Phi) is 5.18. The number of hydrogen-bond acceptors (Lipinski definition) is 7. The molecule has 0 aliphatic rings. The molecule has 1 aromatic heterocycles. The number of phenols is 1. The van der Waals surface area contributed by atoms with Crippen molar-refractivity contribution in [3.8, 4) is 5.75 Å². The SMILES string of the molecule is Cc1cc(NNc2ccc(S(=O)(=O)Cc3ccccn3)cc2)c(N)cc1O. The lowest BCUT2D eigenvalue weighted by molar-refractivity contribution is 0.471. The van der Waals surface area contributed by atoms with Crippen LogP contribution in [0, 0.1) is 6.92 Å². The topological polar surface area (TPSA) is 117 Å². The van der Waals surface area contributed by atoms with Crippen LogP contribution in [0.25, 0.3) is 0 Å². The molecular formula is C19H20N4O3S. The van der Waals surface area contributed by atoms with Crippen molar-refractivity contribution in [3.63, 3.8) is 0 Å². The van der Waals surface area contributed by atoms with Crippen molar-refractivity contribution < 1.29 is 13.5 Å². The molecule has 3 aromatic rings. The van der Waals surface area contributed by atoms with Crippen LogP contribution < -0.4 is 16.6 Å². The van der Waals surface area contributed by atoms with Crippen LogP contribution in [0.3, 0.4) is 0 Å². The number of rotatable bonds is 6. The minimum absolute atomic E-state index is 0.125. The van der Waals surface area contributed by atoms with Crippen molar-refractivity contribution in [2.24, 2.45) is 0 Å². The van der Waals surface area contributed by atoms with Crippen LogP contribution >= 0.6 is 0 Å². The quantitative estimate of drug-likeness (QED) is 0.293. The summed E-state index contributed by atoms with van der Waals surface area (Å²) in [6.45, 7) is 1.77. The van der Waals surface area contributed by atoms with Crippen LogP contribution in [0.4, 0.5) is 17.1 Å². The van der Waals surface area contributed by atoms with Gasteiger partial charge in [-0.25, -0.2) is 8.42 Å². The Hall–Kier alpha value is -3.26. The number of nitrogens with one attached hydrogen (secondary N) is 2. The molecule has 8 heteroatoms. The normalized spacial score (nSPS) is 11.1. The van der Waals surface area contributed by atoms with Gasteiger partial charge in [0.15, 0.2) is 9.84 Å². The molecule has 0 bridgehead atoms. The molecule has 2 aromatic carbocycles. The number of nitrogens with zero attached hydrogens (tertiary/aromatic N) is 1. The van der Waals surface area contributed by atoms with Crippen molar-refractivity contribution in [3.05, 3.63) is 72.1 Å². The summed E-state index contributed by atoms with van der Waals surface area (Å²) in [7, 11) is -3.47. The molecule has 0 unspecified atom stereocenters. The second kappa shape index (κ2) is 7.55. The van der Waals surface area contributed by atoms with E-state index in [9.17, 15) is 13.5 Å². The van der Waals surface area contributed by atoms with E-state index < -0.39 is 9.84 Å². The molecular weight excluding hydrogens is 364 g/mol. The highest BCUT2D eigenvalue weighted by molar-refractivity contribution is 7.90. The Labute approximate surface area is 157 Å². The van der Waals surface area contributed by atoms with Crippen molar-refractivity contribution in [1.82, 2.24) is 4.98 Å². The van der Waals surface area contributed by atoms with Crippen molar-refractivity contribution >= 4 is 26.9 Å². The first-order chi connectivity index (χ1) is 12.8. The smallest absolute Gasteiger partial charge is 0.184 e. The average molecular weight is 384 g/mol. The highest BCUT2D eigenvalue weighted by Crippen LogP contribution is 2.27. The number of nitrogens with two attached hydrogens (primary N) is 1. The van der Waals surface area contributed by atoms with Gasteiger partial charge in [-0.15, -0.1) is 0 Å². The van der Waals surface area contributed by atoms with E-state index in [1.54, 1.807) is 49.5 Å². The second-order valence-electron chi connectivity index (χ2n) is 6.08. The Bertz CT molecular complexity index is 1040. The first-order valence-corrected chi connectivity index (χ1v) is 9.84. The van der Waals surface area contributed by atoms with Crippen molar-refractivity contribution in [1.29, 1.82) is 0 Å². The third kappa shape index (κ3) is 4.48. The van der Waals surface area contributed by atoms with E-state index in [1.165, 1.54) is 18.2 Å². The lowest BCUT2D eigenvalue weighted by Crippen LogP contribution is -2.11. The van der Waals surface area contributed by atoms with Gasteiger partial charge < -0.3 is 16.3 Å². The summed E-state index contributed by atoms with van der Waals surface area (Å²) in [5.74, 6) is -0.0251. The summed E-state index contributed by atoms with van der Waals surface area (Å²) in [4.78, 5) is 4.28. The van der Waals surface area contributed by atoms with E-state index in [0.717, 1.165) is 0 Å². The molecule has 0 spiro atoms. The lowest BCUT2D eigenvalue weighted by Gasteiger charge is -2.14. The second-order valence-corrected chi connectivity index (χ2v) is 8.07. The number of hydrogen-bond donors (Lipinski definition) is 4. The first-order valence-electron chi connectivity index (χ1n) is 8.19. The molecule has 3 rings (SSSR count). The molecule has 7 nitrogen and oxygen atoms in total. The third-order valence-corrected chi connectivity index (χ3v) is 5.65. The average Bonchev–Trinajstić information content (AvgIpc) is 2.64. The zero-order valence-electron chi connectivity index (χ0n) is 14.7. The number of phenolic OH excluding ortho intramolecular Hbond substituents is 1. The standard InChI is InChI=1S/C19H20N4O3S/c1-13-10-18(17(20)11-19(13)24)23-22-14-5-7-16(8-6-14)27(25,26)12-15-4-2-3-9-21-15/h2-11,22-24H,12,20H2,1H3. The number of aryl methyl sites for hydroxylation is 1. The van der Waals surface area contributed by atoms with E-state index in [2.05, 4.69) is 15.8 Å². The summed E-state index contributed by atoms with van der Waals surface area (Å²) in [5.41, 5.74) is 14.6. The molecule has 0 saturated heterocycles. The fraction of sp³-hybridized carbons (Fsp3) is 0.105. The molecule has 0 aliphatic carbocycles. The molecule has 5 N–H and O–H groups in total. The number of benzene rings is 2. The summed E-state index contributed by atoms with van der Waals surface area (Å²) < 4.78 is 25.0. The van der Waals surface area contributed by atoms with E-state index in [1.807, 2.05) is 0 Å². The molecule has 0 fully saturated rings.